The van der Waals surface area contributed by atoms with E-state index in [1.54, 1.807) is 6.07 Å². The van der Waals surface area contributed by atoms with Crippen molar-refractivity contribution in [2.45, 2.75) is 12.8 Å². The zero-order chi connectivity index (χ0) is 13.9. The average molecular weight is 267 g/mol. The molecule has 0 aliphatic carbocycles. The monoisotopic (exact) mass is 267 g/mol. The van der Waals surface area contributed by atoms with Crippen molar-refractivity contribution in [3.63, 3.8) is 0 Å². The van der Waals surface area contributed by atoms with Crippen LogP contribution in [-0.2, 0) is 6.42 Å². The third-order valence-electron chi connectivity index (χ3n) is 3.65. The first kappa shape index (κ1) is 12.7. The Bertz CT molecular complexity index is 622. The molecule has 0 fully saturated rings. The lowest BCUT2D eigenvalue weighted by molar-refractivity contribution is 0.0962. The second-order valence-electron chi connectivity index (χ2n) is 5.21. The third kappa shape index (κ3) is 2.52. The van der Waals surface area contributed by atoms with Crippen molar-refractivity contribution >= 4 is 11.5 Å². The lowest BCUT2D eigenvalue weighted by Gasteiger charge is -2.13. The molecule has 102 valence electrons. The zero-order valence-electron chi connectivity index (χ0n) is 11.2. The van der Waals surface area contributed by atoms with Crippen LogP contribution in [0.1, 0.15) is 22.3 Å². The molecule has 2 aromatic carbocycles. The van der Waals surface area contributed by atoms with E-state index in [2.05, 4.69) is 12.1 Å². The van der Waals surface area contributed by atoms with Crippen molar-refractivity contribution in [1.82, 2.24) is 0 Å². The fourth-order valence-electron chi connectivity index (χ4n) is 2.68. The first-order chi connectivity index (χ1) is 9.74. The standard InChI is InChI=1S/C17H17NO2/c18-14-7-4-8-16-17(14)15(19)10-13(11-20-16)9-12-5-2-1-3-6-12/h1-8,13H,9-11,18H2/t13-/m1/s1. The van der Waals surface area contributed by atoms with Crippen LogP contribution >= 0.6 is 0 Å². The van der Waals surface area contributed by atoms with Gasteiger partial charge in [0.1, 0.15) is 5.75 Å². The van der Waals surface area contributed by atoms with Crippen LogP contribution in [0.25, 0.3) is 0 Å². The summed E-state index contributed by atoms with van der Waals surface area (Å²) < 4.78 is 5.78. The molecule has 3 nitrogen and oxygen atoms in total. The minimum atomic E-state index is 0.0801. The van der Waals surface area contributed by atoms with Crippen LogP contribution in [0.4, 0.5) is 5.69 Å². The number of anilines is 1. The Hall–Kier alpha value is -2.29. The van der Waals surface area contributed by atoms with Gasteiger partial charge in [0.2, 0.25) is 0 Å². The summed E-state index contributed by atoms with van der Waals surface area (Å²) in [5.74, 6) is 0.888. The number of rotatable bonds is 2. The van der Waals surface area contributed by atoms with Crippen molar-refractivity contribution in [1.29, 1.82) is 0 Å². The van der Waals surface area contributed by atoms with E-state index in [1.807, 2.05) is 30.3 Å². The molecule has 0 bridgehead atoms. The normalized spacial score (nSPS) is 18.0. The van der Waals surface area contributed by atoms with Gasteiger partial charge >= 0.3 is 0 Å². The highest BCUT2D eigenvalue weighted by molar-refractivity contribution is 6.03. The number of ketones is 1. The number of hydrogen-bond acceptors (Lipinski definition) is 3. The highest BCUT2D eigenvalue weighted by Crippen LogP contribution is 2.31. The summed E-state index contributed by atoms with van der Waals surface area (Å²) in [7, 11) is 0. The Balaban J connectivity index is 1.81. The second-order valence-corrected chi connectivity index (χ2v) is 5.21. The van der Waals surface area contributed by atoms with Crippen LogP contribution in [0, 0.1) is 5.92 Å². The quantitative estimate of drug-likeness (QED) is 0.851. The van der Waals surface area contributed by atoms with Gasteiger partial charge in [-0.25, -0.2) is 0 Å². The van der Waals surface area contributed by atoms with Gasteiger partial charge in [-0.2, -0.15) is 0 Å². The topological polar surface area (TPSA) is 52.3 Å². The summed E-state index contributed by atoms with van der Waals surface area (Å²) in [6.07, 6.45) is 1.33. The number of benzene rings is 2. The fraction of sp³-hybridized carbons (Fsp3) is 0.235. The molecule has 1 aliphatic heterocycles. The molecular weight excluding hydrogens is 250 g/mol. The average Bonchev–Trinajstić information content (AvgIpc) is 2.60. The first-order valence-electron chi connectivity index (χ1n) is 6.82. The second kappa shape index (κ2) is 5.37. The number of Topliss-reactive ketones (excluding diaryl/α,β-unsaturated/α-hetero) is 1. The lowest BCUT2D eigenvalue weighted by Crippen LogP contribution is -2.15. The minimum Gasteiger partial charge on any atom is -0.492 e. The van der Waals surface area contributed by atoms with Crippen LogP contribution < -0.4 is 10.5 Å². The van der Waals surface area contributed by atoms with Gasteiger partial charge in [0.25, 0.3) is 0 Å². The summed E-state index contributed by atoms with van der Waals surface area (Å²) in [6, 6.07) is 15.6. The maximum absolute atomic E-state index is 12.4. The largest absolute Gasteiger partial charge is 0.492 e. The number of nitrogen functional groups attached to an aromatic ring is 1. The van der Waals surface area contributed by atoms with E-state index >= 15 is 0 Å². The third-order valence-corrected chi connectivity index (χ3v) is 3.65. The maximum Gasteiger partial charge on any atom is 0.169 e. The van der Waals surface area contributed by atoms with E-state index in [0.717, 1.165) is 6.42 Å². The molecule has 3 rings (SSSR count). The van der Waals surface area contributed by atoms with E-state index in [1.165, 1.54) is 5.56 Å². The molecule has 2 aromatic rings. The number of hydrogen-bond donors (Lipinski definition) is 1. The number of carbonyl (C=O) groups excluding carboxylic acids is 1. The summed E-state index contributed by atoms with van der Waals surface area (Å²) in [4.78, 5) is 12.4. The number of carbonyl (C=O) groups is 1. The molecule has 0 saturated carbocycles. The molecule has 0 spiro atoms. The Morgan fingerprint density at radius 3 is 2.70 bits per heavy atom. The Morgan fingerprint density at radius 1 is 1.10 bits per heavy atom. The van der Waals surface area contributed by atoms with Crippen LogP contribution in [-0.4, -0.2) is 12.4 Å². The van der Waals surface area contributed by atoms with Gasteiger partial charge in [-0.05, 0) is 24.1 Å². The van der Waals surface area contributed by atoms with Crippen LogP contribution in [0.2, 0.25) is 0 Å². The van der Waals surface area contributed by atoms with Gasteiger partial charge in [-0.3, -0.25) is 4.79 Å². The molecule has 1 heterocycles. The van der Waals surface area contributed by atoms with Gasteiger partial charge in [0.15, 0.2) is 5.78 Å². The maximum atomic E-state index is 12.4. The highest BCUT2D eigenvalue weighted by Gasteiger charge is 2.25. The van der Waals surface area contributed by atoms with Crippen molar-refractivity contribution < 1.29 is 9.53 Å². The molecule has 0 saturated heterocycles. The minimum absolute atomic E-state index is 0.0801. The van der Waals surface area contributed by atoms with Gasteiger partial charge in [0.05, 0.1) is 12.2 Å². The number of ether oxygens (including phenoxy) is 1. The van der Waals surface area contributed by atoms with Gasteiger partial charge < -0.3 is 10.5 Å². The predicted molar refractivity (Wildman–Crippen MR) is 78.9 cm³/mol. The van der Waals surface area contributed by atoms with Crippen molar-refractivity contribution in [3.8, 4) is 5.75 Å². The summed E-state index contributed by atoms with van der Waals surface area (Å²) in [6.45, 7) is 0.553. The van der Waals surface area contributed by atoms with Crippen molar-refractivity contribution in [2.24, 2.45) is 5.92 Å². The zero-order valence-corrected chi connectivity index (χ0v) is 11.2. The Labute approximate surface area is 118 Å². The SMILES string of the molecule is Nc1cccc2c1C(=O)C[C@@H](Cc1ccccc1)CO2. The van der Waals surface area contributed by atoms with E-state index in [4.69, 9.17) is 10.5 Å². The molecule has 20 heavy (non-hydrogen) atoms. The van der Waals surface area contributed by atoms with E-state index in [0.29, 0.717) is 30.0 Å². The smallest absolute Gasteiger partial charge is 0.169 e. The van der Waals surface area contributed by atoms with Crippen molar-refractivity contribution in [3.05, 3.63) is 59.7 Å². The molecular formula is C17H17NO2. The van der Waals surface area contributed by atoms with Crippen LogP contribution in [0.15, 0.2) is 48.5 Å². The Morgan fingerprint density at radius 2 is 1.90 bits per heavy atom. The van der Waals surface area contributed by atoms with Gasteiger partial charge in [0, 0.05) is 18.0 Å². The molecule has 0 amide bonds. The van der Waals surface area contributed by atoms with E-state index in [9.17, 15) is 4.79 Å². The van der Waals surface area contributed by atoms with Crippen LogP contribution in [0.3, 0.4) is 0 Å². The predicted octanol–water partition coefficient (Wildman–Crippen LogP) is 3.09. The van der Waals surface area contributed by atoms with Crippen LogP contribution in [0.5, 0.6) is 5.75 Å². The summed E-state index contributed by atoms with van der Waals surface area (Å²) in [5, 5.41) is 0. The highest BCUT2D eigenvalue weighted by atomic mass is 16.5. The number of fused-ring (bicyclic) bond motifs is 1. The molecule has 0 aromatic heterocycles. The van der Waals surface area contributed by atoms with Gasteiger partial charge in [-0.15, -0.1) is 0 Å². The molecule has 2 N–H and O–H groups in total. The first-order valence-corrected chi connectivity index (χ1v) is 6.82. The molecule has 0 unspecified atom stereocenters. The summed E-state index contributed by atoms with van der Waals surface area (Å²) >= 11 is 0. The number of nitrogens with two attached hydrogens (primary N) is 1. The summed E-state index contributed by atoms with van der Waals surface area (Å²) in [5.41, 5.74) is 8.18. The van der Waals surface area contributed by atoms with Crippen molar-refractivity contribution in [2.75, 3.05) is 12.3 Å². The van der Waals surface area contributed by atoms with E-state index in [-0.39, 0.29) is 11.7 Å². The fourth-order valence-corrected chi connectivity index (χ4v) is 2.68. The van der Waals surface area contributed by atoms with Gasteiger partial charge in [-0.1, -0.05) is 36.4 Å². The molecule has 3 heteroatoms. The lowest BCUT2D eigenvalue weighted by atomic mass is 9.93. The molecule has 0 radical (unpaired) electrons. The molecule has 1 atom stereocenters. The molecule has 1 aliphatic rings. The Kier molecular flexibility index (Phi) is 3.42. The van der Waals surface area contributed by atoms with E-state index < -0.39 is 0 Å².